The van der Waals surface area contributed by atoms with Gasteiger partial charge in [-0.1, -0.05) is 45.9 Å². The van der Waals surface area contributed by atoms with Gasteiger partial charge in [-0.25, -0.2) is 4.98 Å². The molecule has 1 amide bonds. The third-order valence-corrected chi connectivity index (χ3v) is 12.1. The summed E-state index contributed by atoms with van der Waals surface area (Å²) in [5.41, 5.74) is 2.15. The van der Waals surface area contributed by atoms with Crippen LogP contribution in [-0.4, -0.2) is 97.2 Å². The molecule has 2 aromatic heterocycles. The molecule has 0 spiro atoms. The van der Waals surface area contributed by atoms with Crippen molar-refractivity contribution in [1.82, 2.24) is 9.38 Å². The predicted octanol–water partition coefficient (Wildman–Crippen LogP) is 5.37. The summed E-state index contributed by atoms with van der Waals surface area (Å²) < 4.78 is 31.9. The Labute approximate surface area is 335 Å². The normalized spacial score (nSPS) is 33.5. The zero-order valence-electron chi connectivity index (χ0n) is 34.2. The van der Waals surface area contributed by atoms with Crippen LogP contribution in [0.25, 0.3) is 27.5 Å². The molecule has 4 aromatic rings. The molecule has 58 heavy (non-hydrogen) atoms. The molecule has 2 aromatic carbocycles. The smallest absolute Gasteiger partial charge is 0.302 e. The zero-order chi connectivity index (χ0) is 42.3. The van der Waals surface area contributed by atoms with Gasteiger partial charge in [0, 0.05) is 67.3 Å². The number of phenolic OH excluding ortho intramolecular Hbond substituents is 2. The Morgan fingerprint density at radius 1 is 0.983 bits per heavy atom. The predicted molar refractivity (Wildman–Crippen MR) is 213 cm³/mol. The second-order valence-corrected chi connectivity index (χ2v) is 16.2. The van der Waals surface area contributed by atoms with Crippen LogP contribution in [0.1, 0.15) is 70.0 Å². The number of aliphatic hydroxyl groups is 2. The highest BCUT2D eigenvalue weighted by Crippen LogP contribution is 2.54. The average molecular weight is 802 g/mol. The topological polar surface area (TPSA) is 211 Å². The van der Waals surface area contributed by atoms with Crippen LogP contribution >= 0.6 is 0 Å². The monoisotopic (exact) mass is 801 g/mol. The number of aromatic nitrogens is 2. The molecular formula is C43H51N3O12. The summed E-state index contributed by atoms with van der Waals surface area (Å²) in [6.07, 6.45) is 1.00. The van der Waals surface area contributed by atoms with E-state index in [9.17, 15) is 34.8 Å². The van der Waals surface area contributed by atoms with E-state index in [0.29, 0.717) is 5.65 Å². The van der Waals surface area contributed by atoms with Crippen LogP contribution in [0.3, 0.4) is 0 Å². The van der Waals surface area contributed by atoms with Crippen molar-refractivity contribution >= 4 is 50.8 Å². The number of Topliss-reactive ketones (excluding diaryl/α,β-unsaturated/α-hetero) is 1. The van der Waals surface area contributed by atoms with Crippen LogP contribution in [-0.2, 0) is 28.5 Å². The number of hydrogen-bond acceptors (Lipinski definition) is 13. The number of hydrogen-bond donors (Lipinski definition) is 5. The molecular weight excluding hydrogens is 750 g/mol. The summed E-state index contributed by atoms with van der Waals surface area (Å²) in [6.45, 7) is 14.7. The Morgan fingerprint density at radius 3 is 2.36 bits per heavy atom. The summed E-state index contributed by atoms with van der Waals surface area (Å²) in [5, 5.41) is 49.6. The number of esters is 1. The Kier molecular flexibility index (Phi) is 10.6. The second-order valence-electron chi connectivity index (χ2n) is 16.2. The van der Waals surface area contributed by atoms with Crippen molar-refractivity contribution in [2.24, 2.45) is 23.7 Å². The minimum absolute atomic E-state index is 0.0128. The first-order valence-electron chi connectivity index (χ1n) is 19.4. The number of aryl methyl sites for hydroxylation is 1. The van der Waals surface area contributed by atoms with Crippen molar-refractivity contribution in [3.8, 4) is 17.2 Å². The molecule has 11 atom stereocenters. The molecule has 1 saturated heterocycles. The fraction of sp³-hybridized carbons (Fsp3) is 0.488. The number of amides is 1. The number of rotatable bonds is 2. The zero-order valence-corrected chi connectivity index (χ0v) is 34.2. The first kappa shape index (κ1) is 41.1. The number of fused-ring (bicyclic) bond motifs is 3. The molecule has 1 fully saturated rings. The van der Waals surface area contributed by atoms with Gasteiger partial charge in [-0.3, -0.25) is 18.8 Å². The van der Waals surface area contributed by atoms with Crippen LogP contribution < -0.4 is 10.1 Å². The first-order valence-corrected chi connectivity index (χ1v) is 19.4. The largest absolute Gasteiger partial charge is 0.507 e. The lowest BCUT2D eigenvalue weighted by molar-refractivity contribution is -0.163. The molecule has 3 aliphatic rings. The van der Waals surface area contributed by atoms with Crippen molar-refractivity contribution in [2.75, 3.05) is 12.4 Å². The number of phenols is 2. The molecule has 0 aliphatic carbocycles. The number of methoxy groups -OCH3 is 1. The van der Waals surface area contributed by atoms with E-state index in [4.69, 9.17) is 28.7 Å². The van der Waals surface area contributed by atoms with E-state index in [2.05, 4.69) is 5.32 Å². The van der Waals surface area contributed by atoms with Crippen LogP contribution in [0.5, 0.6) is 17.2 Å². The number of nitrogens with one attached hydrogen (secondary N) is 1. The number of nitrogens with zero attached hydrogens (tertiary/aromatic N) is 2. The van der Waals surface area contributed by atoms with E-state index in [1.165, 1.54) is 27.9 Å². The Bertz CT molecular complexity index is 2420. The highest BCUT2D eigenvalue weighted by Gasteiger charge is 2.58. The van der Waals surface area contributed by atoms with Gasteiger partial charge in [0.2, 0.25) is 5.78 Å². The van der Waals surface area contributed by atoms with Gasteiger partial charge in [0.15, 0.2) is 12.0 Å². The van der Waals surface area contributed by atoms with E-state index in [1.54, 1.807) is 69.5 Å². The first-order chi connectivity index (χ1) is 27.3. The summed E-state index contributed by atoms with van der Waals surface area (Å²) in [7, 11) is 1.47. The molecule has 5 heterocycles. The van der Waals surface area contributed by atoms with Crippen molar-refractivity contribution < 1.29 is 58.5 Å². The average Bonchev–Trinajstić information content (AvgIpc) is 3.73. The van der Waals surface area contributed by atoms with E-state index in [1.807, 2.05) is 13.0 Å². The maximum absolute atomic E-state index is 14.7. The number of allylic oxidation sites excluding steroid dienone is 2. The van der Waals surface area contributed by atoms with E-state index in [0.717, 1.165) is 5.56 Å². The minimum atomic E-state index is -1.98. The molecule has 310 valence electrons. The summed E-state index contributed by atoms with van der Waals surface area (Å²) in [4.78, 5) is 45.8. The molecule has 7 rings (SSSR count). The quantitative estimate of drug-likeness (QED) is 0.0982. The number of carbonyl (C=O) groups excluding carboxylic acids is 3. The van der Waals surface area contributed by atoms with Gasteiger partial charge in [0.1, 0.15) is 46.1 Å². The molecule has 5 N–H and O–H groups in total. The van der Waals surface area contributed by atoms with Crippen LogP contribution in [0.15, 0.2) is 42.1 Å². The summed E-state index contributed by atoms with van der Waals surface area (Å²) >= 11 is 0. The lowest BCUT2D eigenvalue weighted by Crippen LogP contribution is -2.48. The lowest BCUT2D eigenvalue weighted by atomic mass is 9.78. The molecule has 2 unspecified atom stereocenters. The lowest BCUT2D eigenvalue weighted by Gasteiger charge is -2.38. The number of ketones is 1. The number of pyridine rings is 1. The van der Waals surface area contributed by atoms with Gasteiger partial charge in [-0.2, -0.15) is 0 Å². The molecule has 0 saturated carbocycles. The summed E-state index contributed by atoms with van der Waals surface area (Å²) in [5.74, 6) is -7.06. The maximum atomic E-state index is 14.7. The Hall–Kier alpha value is -5.06. The maximum Gasteiger partial charge on any atom is 0.302 e. The SMILES string of the molecule is CO[C@H]1C2OC2O[C@@]2(C)Oc3c(C)c(O)c4c(O)c(c5c(nc6cc(C)ccn65)c4c3C2=O)NC(=O)/C(C)=C\C=C\[C@H](C)[C@H](O)[C@@H](C)[C@@H](O)[C@@H](C)[C@H](OC(C)=O)[C@@H]1C. The van der Waals surface area contributed by atoms with Gasteiger partial charge in [0.05, 0.1) is 29.3 Å². The highest BCUT2D eigenvalue weighted by molar-refractivity contribution is 6.28. The van der Waals surface area contributed by atoms with Crippen molar-refractivity contribution in [3.05, 3.63) is 58.8 Å². The number of imidazole rings is 1. The third kappa shape index (κ3) is 6.68. The van der Waals surface area contributed by atoms with E-state index in [-0.39, 0.29) is 49.9 Å². The van der Waals surface area contributed by atoms with Gasteiger partial charge in [0.25, 0.3) is 11.7 Å². The van der Waals surface area contributed by atoms with Gasteiger partial charge < -0.3 is 49.4 Å². The third-order valence-electron chi connectivity index (χ3n) is 12.1. The van der Waals surface area contributed by atoms with Crippen LogP contribution in [0.2, 0.25) is 0 Å². The van der Waals surface area contributed by atoms with Crippen molar-refractivity contribution in [1.29, 1.82) is 0 Å². The minimum Gasteiger partial charge on any atom is -0.507 e. The van der Waals surface area contributed by atoms with E-state index >= 15 is 0 Å². The molecule has 15 heteroatoms. The Balaban J connectivity index is 1.41. The Morgan fingerprint density at radius 2 is 1.69 bits per heavy atom. The number of benzene rings is 2. The number of carbonyl (C=O) groups is 3. The van der Waals surface area contributed by atoms with E-state index < -0.39 is 95.4 Å². The second kappa shape index (κ2) is 15.0. The van der Waals surface area contributed by atoms with Gasteiger partial charge >= 0.3 is 5.97 Å². The van der Waals surface area contributed by atoms with Crippen LogP contribution in [0, 0.1) is 37.5 Å². The van der Waals surface area contributed by atoms with Crippen molar-refractivity contribution in [2.45, 2.75) is 105 Å². The fourth-order valence-corrected chi connectivity index (χ4v) is 8.62. The summed E-state index contributed by atoms with van der Waals surface area (Å²) in [6, 6.07) is 3.64. The molecule has 3 aliphatic heterocycles. The molecule has 4 bridgehead atoms. The van der Waals surface area contributed by atoms with Gasteiger partial charge in [-0.15, -0.1) is 0 Å². The number of ether oxygens (including phenoxy) is 5. The molecule has 0 radical (unpaired) electrons. The highest BCUT2D eigenvalue weighted by atomic mass is 16.8. The van der Waals surface area contributed by atoms with Crippen LogP contribution in [0.4, 0.5) is 5.69 Å². The number of aromatic hydroxyl groups is 2. The number of anilines is 1. The standard InChI is InChI=1S/C43H51N3O12/c1-17-14-15-46-25(16-17)44-29-26-27-34(50)22(6)37-28(26)40(52)43(9,57-37)58-42-39(56-42)38(54-10)23(7)36(55-24(8)47)21(5)33(49)20(4)32(48)18(2)12-11-13-19(3)41(53)45-30(31(29)46)35(27)51/h11-16,18,20-21,23,32-33,36,38-39,42,48-51H,1-10H3,(H,45,53)/b12-11+,19-13-/t18-,20+,21+,23-,32-,33+,36-,38+,39?,42?,43+/m0/s1. The fourth-order valence-electron chi connectivity index (χ4n) is 8.62. The number of epoxide rings is 1. The molecule has 15 nitrogen and oxygen atoms in total. The van der Waals surface area contributed by atoms with Crippen molar-refractivity contribution in [3.63, 3.8) is 0 Å². The number of aliphatic hydroxyl groups excluding tert-OH is 2. The van der Waals surface area contributed by atoms with Gasteiger partial charge in [-0.05, 0) is 38.5 Å².